The summed E-state index contributed by atoms with van der Waals surface area (Å²) in [7, 11) is 0. The van der Waals surface area contributed by atoms with Gasteiger partial charge in [-0.2, -0.15) is 0 Å². The number of fused-ring (bicyclic) bond motifs is 1. The zero-order valence-electron chi connectivity index (χ0n) is 13.9. The number of nitrogens with zero attached hydrogens (tertiary/aromatic N) is 1. The van der Waals surface area contributed by atoms with Gasteiger partial charge in [-0.05, 0) is 42.8 Å². The molecule has 0 bridgehead atoms. The summed E-state index contributed by atoms with van der Waals surface area (Å²) in [6.07, 6.45) is 0.417. The van der Waals surface area contributed by atoms with E-state index in [0.29, 0.717) is 49.1 Å². The van der Waals surface area contributed by atoms with Gasteiger partial charge in [0.05, 0.1) is 0 Å². The van der Waals surface area contributed by atoms with Gasteiger partial charge in [-0.15, -0.1) is 0 Å². The zero-order valence-corrected chi connectivity index (χ0v) is 13.9. The van der Waals surface area contributed by atoms with Crippen molar-refractivity contribution in [3.05, 3.63) is 48.3 Å². The number of halogens is 1. The Kier molecular flexibility index (Phi) is 4.20. The molecule has 2 aliphatic heterocycles. The summed E-state index contributed by atoms with van der Waals surface area (Å²) in [5.74, 6) is -0.557. The molecule has 2 aromatic carbocycles. The van der Waals surface area contributed by atoms with E-state index >= 15 is 0 Å². The third-order valence-corrected chi connectivity index (χ3v) is 4.47. The molecule has 1 atom stereocenters. The molecule has 2 heterocycles. The first-order valence-corrected chi connectivity index (χ1v) is 8.39. The van der Waals surface area contributed by atoms with Gasteiger partial charge in [-0.25, -0.2) is 4.39 Å². The number of carbonyl (C=O) groups excluding carboxylic acids is 2. The van der Waals surface area contributed by atoms with Crippen molar-refractivity contribution in [2.24, 2.45) is 5.92 Å². The lowest BCUT2D eigenvalue weighted by Crippen LogP contribution is -2.33. The molecule has 0 aliphatic carbocycles. The second-order valence-electron chi connectivity index (χ2n) is 6.16. The molecule has 0 spiro atoms. The van der Waals surface area contributed by atoms with Crippen LogP contribution in [0.25, 0.3) is 0 Å². The van der Waals surface area contributed by atoms with Gasteiger partial charge >= 0.3 is 0 Å². The van der Waals surface area contributed by atoms with E-state index in [9.17, 15) is 14.0 Å². The fourth-order valence-electron chi connectivity index (χ4n) is 3.14. The fraction of sp³-hybridized carbons (Fsp3) is 0.263. The van der Waals surface area contributed by atoms with Crippen molar-refractivity contribution >= 4 is 23.2 Å². The smallest absolute Gasteiger partial charge is 0.239 e. The Balaban J connectivity index is 1.47. The SMILES string of the molecule is O=C(Nc1ccc(F)cc1)[C@@H]1CCN(c2ccc3c(c2)OCCO3)C1=O. The van der Waals surface area contributed by atoms with Gasteiger partial charge in [-0.3, -0.25) is 9.59 Å². The van der Waals surface area contributed by atoms with Gasteiger partial charge in [0, 0.05) is 24.0 Å². The molecule has 134 valence electrons. The van der Waals surface area contributed by atoms with Crippen molar-refractivity contribution in [1.82, 2.24) is 0 Å². The molecule has 7 heteroatoms. The molecular formula is C19H17FN2O4. The van der Waals surface area contributed by atoms with E-state index < -0.39 is 5.92 Å². The molecule has 4 rings (SSSR count). The standard InChI is InChI=1S/C19H17FN2O4/c20-12-1-3-13(4-2-12)21-18(23)15-7-8-22(19(15)24)14-5-6-16-17(11-14)26-10-9-25-16/h1-6,11,15H,7-10H2,(H,21,23)/t15-/m0/s1. The monoisotopic (exact) mass is 356 g/mol. The van der Waals surface area contributed by atoms with Gasteiger partial charge < -0.3 is 19.7 Å². The van der Waals surface area contributed by atoms with Crippen LogP contribution >= 0.6 is 0 Å². The Bertz CT molecular complexity index is 853. The summed E-state index contributed by atoms with van der Waals surface area (Å²) < 4.78 is 24.0. The van der Waals surface area contributed by atoms with Crippen LogP contribution in [0.15, 0.2) is 42.5 Å². The number of carbonyl (C=O) groups is 2. The number of nitrogens with one attached hydrogen (secondary N) is 1. The lowest BCUT2D eigenvalue weighted by molar-refractivity contribution is -0.129. The van der Waals surface area contributed by atoms with Crippen LogP contribution in [-0.4, -0.2) is 31.6 Å². The van der Waals surface area contributed by atoms with Crippen LogP contribution in [0, 0.1) is 11.7 Å². The van der Waals surface area contributed by atoms with Crippen LogP contribution in [0.2, 0.25) is 0 Å². The van der Waals surface area contributed by atoms with Crippen molar-refractivity contribution in [2.45, 2.75) is 6.42 Å². The summed E-state index contributed by atoms with van der Waals surface area (Å²) in [6.45, 7) is 1.41. The Morgan fingerprint density at radius 1 is 1.08 bits per heavy atom. The first kappa shape index (κ1) is 16.4. The number of rotatable bonds is 3. The molecule has 1 N–H and O–H groups in total. The van der Waals surface area contributed by atoms with E-state index in [4.69, 9.17) is 9.47 Å². The average Bonchev–Trinajstić information content (AvgIpc) is 3.05. The summed E-state index contributed by atoms with van der Waals surface area (Å²) in [5.41, 5.74) is 1.14. The van der Waals surface area contributed by atoms with E-state index in [0.717, 1.165) is 0 Å². The molecular weight excluding hydrogens is 339 g/mol. The Morgan fingerprint density at radius 2 is 1.81 bits per heavy atom. The van der Waals surface area contributed by atoms with Crippen molar-refractivity contribution in [3.8, 4) is 11.5 Å². The lowest BCUT2D eigenvalue weighted by atomic mass is 10.1. The van der Waals surface area contributed by atoms with Gasteiger partial charge in [0.2, 0.25) is 11.8 Å². The highest BCUT2D eigenvalue weighted by atomic mass is 19.1. The second-order valence-corrected chi connectivity index (χ2v) is 6.16. The number of anilines is 2. The van der Waals surface area contributed by atoms with Crippen LogP contribution in [0.1, 0.15) is 6.42 Å². The lowest BCUT2D eigenvalue weighted by Gasteiger charge is -2.22. The summed E-state index contributed by atoms with van der Waals surface area (Å²) in [6, 6.07) is 10.7. The maximum absolute atomic E-state index is 13.0. The van der Waals surface area contributed by atoms with Crippen LogP contribution < -0.4 is 19.7 Å². The summed E-state index contributed by atoms with van der Waals surface area (Å²) in [4.78, 5) is 26.7. The van der Waals surface area contributed by atoms with E-state index in [1.807, 2.05) is 0 Å². The molecule has 2 aromatic rings. The molecule has 0 saturated carbocycles. The third-order valence-electron chi connectivity index (χ3n) is 4.47. The van der Waals surface area contributed by atoms with Gasteiger partial charge in [0.1, 0.15) is 24.9 Å². The van der Waals surface area contributed by atoms with Crippen molar-refractivity contribution in [2.75, 3.05) is 30.0 Å². The quantitative estimate of drug-likeness (QED) is 0.859. The first-order chi connectivity index (χ1) is 12.6. The normalized spacial score (nSPS) is 18.7. The van der Waals surface area contributed by atoms with Crippen LogP contribution in [0.4, 0.5) is 15.8 Å². The predicted octanol–water partition coefficient (Wildman–Crippen LogP) is 2.59. The van der Waals surface area contributed by atoms with Crippen molar-refractivity contribution < 1.29 is 23.5 Å². The second kappa shape index (κ2) is 6.67. The molecule has 6 nitrogen and oxygen atoms in total. The van der Waals surface area contributed by atoms with Gasteiger partial charge in [0.15, 0.2) is 11.5 Å². The van der Waals surface area contributed by atoms with Crippen LogP contribution in [0.3, 0.4) is 0 Å². The Hall–Kier alpha value is -3.09. The topological polar surface area (TPSA) is 67.9 Å². The maximum atomic E-state index is 13.0. The summed E-state index contributed by atoms with van der Waals surface area (Å²) in [5, 5.41) is 2.67. The summed E-state index contributed by atoms with van der Waals surface area (Å²) >= 11 is 0. The van der Waals surface area contributed by atoms with E-state index in [-0.39, 0.29) is 17.6 Å². The third kappa shape index (κ3) is 3.08. The fourth-order valence-corrected chi connectivity index (χ4v) is 3.14. The molecule has 0 aromatic heterocycles. The van der Waals surface area contributed by atoms with Crippen LogP contribution in [-0.2, 0) is 9.59 Å². The number of benzene rings is 2. The van der Waals surface area contributed by atoms with Crippen molar-refractivity contribution in [1.29, 1.82) is 0 Å². The van der Waals surface area contributed by atoms with E-state index in [1.54, 1.807) is 23.1 Å². The molecule has 2 aliphatic rings. The number of ether oxygens (including phenoxy) is 2. The molecule has 1 saturated heterocycles. The van der Waals surface area contributed by atoms with E-state index in [2.05, 4.69) is 5.32 Å². The molecule has 0 unspecified atom stereocenters. The molecule has 26 heavy (non-hydrogen) atoms. The highest BCUT2D eigenvalue weighted by Gasteiger charge is 2.38. The van der Waals surface area contributed by atoms with Crippen LogP contribution in [0.5, 0.6) is 11.5 Å². The zero-order chi connectivity index (χ0) is 18.1. The number of hydrogen-bond donors (Lipinski definition) is 1. The Morgan fingerprint density at radius 3 is 2.58 bits per heavy atom. The van der Waals surface area contributed by atoms with E-state index in [1.165, 1.54) is 24.3 Å². The molecule has 0 radical (unpaired) electrons. The minimum absolute atomic E-state index is 0.263. The molecule has 1 fully saturated rings. The number of amides is 2. The maximum Gasteiger partial charge on any atom is 0.239 e. The van der Waals surface area contributed by atoms with Gasteiger partial charge in [-0.1, -0.05) is 0 Å². The minimum atomic E-state index is -0.770. The average molecular weight is 356 g/mol. The minimum Gasteiger partial charge on any atom is -0.486 e. The predicted molar refractivity (Wildman–Crippen MR) is 92.9 cm³/mol. The highest BCUT2D eigenvalue weighted by molar-refractivity contribution is 6.13. The van der Waals surface area contributed by atoms with Gasteiger partial charge in [0.25, 0.3) is 0 Å². The Labute approximate surface area is 149 Å². The van der Waals surface area contributed by atoms with Crippen molar-refractivity contribution in [3.63, 3.8) is 0 Å². The highest BCUT2D eigenvalue weighted by Crippen LogP contribution is 2.36. The first-order valence-electron chi connectivity index (χ1n) is 8.39. The largest absolute Gasteiger partial charge is 0.486 e. The molecule has 2 amide bonds. The number of hydrogen-bond acceptors (Lipinski definition) is 4.